The van der Waals surface area contributed by atoms with Crippen molar-refractivity contribution in [1.29, 1.82) is 0 Å². The highest BCUT2D eigenvalue weighted by Gasteiger charge is 2.24. The van der Waals surface area contributed by atoms with E-state index in [0.717, 1.165) is 12.8 Å². The van der Waals surface area contributed by atoms with Gasteiger partial charge >= 0.3 is 0 Å². The lowest BCUT2D eigenvalue weighted by atomic mass is 10.2. The maximum absolute atomic E-state index is 13.1. The predicted molar refractivity (Wildman–Crippen MR) is 60.1 cm³/mol. The molecule has 0 aromatic heterocycles. The maximum Gasteiger partial charge on any atom is 0.119 e. The zero-order valence-corrected chi connectivity index (χ0v) is 11.0. The quantitative estimate of drug-likeness (QED) is 0.350. The van der Waals surface area contributed by atoms with Crippen LogP contribution in [-0.4, -0.2) is 30.4 Å². The first kappa shape index (κ1) is 15.8. The first-order chi connectivity index (χ1) is 7.37. The van der Waals surface area contributed by atoms with E-state index in [-0.39, 0.29) is 11.6 Å². The second-order valence-electron chi connectivity index (χ2n) is 4.61. The van der Waals surface area contributed by atoms with E-state index in [0.29, 0.717) is 13.2 Å². The van der Waals surface area contributed by atoms with Crippen LogP contribution in [0.3, 0.4) is 0 Å². The summed E-state index contributed by atoms with van der Waals surface area (Å²) in [5.41, 5.74) is -0.815. The Labute approximate surface area is 97.5 Å². The van der Waals surface area contributed by atoms with Crippen LogP contribution in [0.2, 0.25) is 0 Å². The Bertz CT molecular complexity index is 177. The smallest absolute Gasteiger partial charge is 0.119 e. The van der Waals surface area contributed by atoms with Crippen molar-refractivity contribution < 1.29 is 18.9 Å². The third-order valence-corrected chi connectivity index (χ3v) is 1.77. The standard InChI is InChI=1S/C11H24FNO3/c1-6-7-8-15-13(12)16-11(4,5)9-14-10(2)3/h10H,6-9H2,1-5H3. The lowest BCUT2D eigenvalue weighted by Gasteiger charge is -2.27. The molecule has 0 saturated heterocycles. The largest absolute Gasteiger partial charge is 0.376 e. The molecule has 0 aromatic rings. The van der Waals surface area contributed by atoms with Crippen molar-refractivity contribution >= 4 is 0 Å². The number of unbranched alkanes of at least 4 members (excludes halogenated alkanes) is 1. The van der Waals surface area contributed by atoms with Crippen molar-refractivity contribution in [3.63, 3.8) is 0 Å². The van der Waals surface area contributed by atoms with E-state index in [9.17, 15) is 4.48 Å². The summed E-state index contributed by atoms with van der Waals surface area (Å²) < 4.78 is 18.4. The molecule has 0 radical (unpaired) electrons. The van der Waals surface area contributed by atoms with Crippen LogP contribution in [0.15, 0.2) is 0 Å². The van der Waals surface area contributed by atoms with Gasteiger partial charge in [-0.15, -0.1) is 0 Å². The molecule has 0 amide bonds. The van der Waals surface area contributed by atoms with E-state index in [1.54, 1.807) is 13.8 Å². The Morgan fingerprint density at radius 1 is 1.31 bits per heavy atom. The number of ether oxygens (including phenoxy) is 1. The molecule has 0 atom stereocenters. The number of rotatable bonds is 9. The fourth-order valence-electron chi connectivity index (χ4n) is 0.895. The summed E-state index contributed by atoms with van der Waals surface area (Å²) in [7, 11) is 0. The van der Waals surface area contributed by atoms with Gasteiger partial charge in [-0.2, -0.15) is 0 Å². The van der Waals surface area contributed by atoms with Gasteiger partial charge in [0.15, 0.2) is 0 Å². The Kier molecular flexibility index (Phi) is 7.83. The van der Waals surface area contributed by atoms with Crippen molar-refractivity contribution in [3.8, 4) is 0 Å². The van der Waals surface area contributed by atoms with Crippen molar-refractivity contribution in [1.82, 2.24) is 5.45 Å². The van der Waals surface area contributed by atoms with E-state index < -0.39 is 5.60 Å². The number of hydrogen-bond acceptors (Lipinski definition) is 4. The third kappa shape index (κ3) is 9.03. The molecule has 0 aliphatic carbocycles. The number of halogens is 1. The lowest BCUT2D eigenvalue weighted by molar-refractivity contribution is -0.494. The van der Waals surface area contributed by atoms with Gasteiger partial charge in [-0.1, -0.05) is 17.8 Å². The van der Waals surface area contributed by atoms with Gasteiger partial charge in [-0.25, -0.2) is 9.68 Å². The summed E-state index contributed by atoms with van der Waals surface area (Å²) in [6, 6.07) is 0. The minimum atomic E-state index is -0.745. The molecule has 0 fully saturated rings. The van der Waals surface area contributed by atoms with Crippen molar-refractivity contribution in [2.75, 3.05) is 13.2 Å². The molecule has 0 unspecified atom stereocenters. The summed E-state index contributed by atoms with van der Waals surface area (Å²) in [6.45, 7) is 9.95. The highest BCUT2D eigenvalue weighted by molar-refractivity contribution is 4.65. The van der Waals surface area contributed by atoms with Gasteiger partial charge in [0.25, 0.3) is 0 Å². The molecule has 0 bridgehead atoms. The van der Waals surface area contributed by atoms with E-state index in [2.05, 4.69) is 0 Å². The SMILES string of the molecule is CCCCON(F)OC(C)(C)COC(C)C. The normalized spacial score (nSPS) is 12.8. The molecule has 0 spiro atoms. The molecule has 0 N–H and O–H groups in total. The second kappa shape index (κ2) is 7.95. The molecular weight excluding hydrogens is 213 g/mol. The highest BCUT2D eigenvalue weighted by atomic mass is 19.2. The van der Waals surface area contributed by atoms with E-state index in [1.165, 1.54) is 0 Å². The van der Waals surface area contributed by atoms with E-state index in [4.69, 9.17) is 14.4 Å². The highest BCUT2D eigenvalue weighted by Crippen LogP contribution is 2.14. The average molecular weight is 237 g/mol. The molecule has 0 rings (SSSR count). The first-order valence-electron chi connectivity index (χ1n) is 5.77. The van der Waals surface area contributed by atoms with Crippen LogP contribution >= 0.6 is 0 Å². The van der Waals surface area contributed by atoms with E-state index in [1.807, 2.05) is 20.8 Å². The van der Waals surface area contributed by atoms with Gasteiger partial charge < -0.3 is 4.74 Å². The minimum Gasteiger partial charge on any atom is -0.376 e. The van der Waals surface area contributed by atoms with Crippen LogP contribution in [-0.2, 0) is 14.4 Å². The molecular formula is C11H24FNO3. The summed E-state index contributed by atoms with van der Waals surface area (Å²) in [4.78, 5) is 9.67. The summed E-state index contributed by atoms with van der Waals surface area (Å²) in [5, 5.41) is 0. The molecule has 5 heteroatoms. The Balaban J connectivity index is 3.76. The third-order valence-electron chi connectivity index (χ3n) is 1.77. The zero-order valence-electron chi connectivity index (χ0n) is 11.0. The molecule has 4 nitrogen and oxygen atoms in total. The van der Waals surface area contributed by atoms with Crippen molar-refractivity contribution in [2.24, 2.45) is 0 Å². The second-order valence-corrected chi connectivity index (χ2v) is 4.61. The lowest BCUT2D eigenvalue weighted by Crippen LogP contribution is -2.37. The molecule has 0 heterocycles. The minimum absolute atomic E-state index is 0.0701. The Hall–Kier alpha value is -0.230. The van der Waals surface area contributed by atoms with Crippen LogP contribution in [0.5, 0.6) is 0 Å². The Morgan fingerprint density at radius 3 is 2.44 bits per heavy atom. The van der Waals surface area contributed by atoms with Crippen LogP contribution in [0.25, 0.3) is 0 Å². The summed E-state index contributed by atoms with van der Waals surface area (Å²) >= 11 is 0. The van der Waals surface area contributed by atoms with Gasteiger partial charge in [-0.05, 0) is 34.1 Å². The number of nitrogens with zero attached hydrogens (tertiary/aromatic N) is 1. The van der Waals surface area contributed by atoms with Crippen molar-refractivity contribution in [3.05, 3.63) is 0 Å². The number of hydrogen-bond donors (Lipinski definition) is 0. The van der Waals surface area contributed by atoms with Gasteiger partial charge in [0.2, 0.25) is 0 Å². The summed E-state index contributed by atoms with van der Waals surface area (Å²) in [5.74, 6) is 0. The Morgan fingerprint density at radius 2 is 1.94 bits per heavy atom. The molecule has 0 saturated carbocycles. The topological polar surface area (TPSA) is 30.9 Å². The van der Waals surface area contributed by atoms with E-state index >= 15 is 0 Å². The molecule has 0 aliphatic heterocycles. The maximum atomic E-state index is 13.1. The van der Waals surface area contributed by atoms with Crippen LogP contribution < -0.4 is 0 Å². The first-order valence-corrected chi connectivity index (χ1v) is 5.77. The van der Waals surface area contributed by atoms with Gasteiger partial charge in [0, 0.05) is 0 Å². The van der Waals surface area contributed by atoms with Gasteiger partial charge in [0.1, 0.15) is 11.0 Å². The van der Waals surface area contributed by atoms with Crippen LogP contribution in [0, 0.1) is 0 Å². The average Bonchev–Trinajstić information content (AvgIpc) is 2.15. The predicted octanol–water partition coefficient (Wildman–Crippen LogP) is 3.04. The fourth-order valence-corrected chi connectivity index (χ4v) is 0.895. The van der Waals surface area contributed by atoms with Gasteiger partial charge in [-0.3, -0.25) is 0 Å². The monoisotopic (exact) mass is 237 g/mol. The van der Waals surface area contributed by atoms with Crippen LogP contribution in [0.4, 0.5) is 4.48 Å². The molecule has 0 aromatic carbocycles. The van der Waals surface area contributed by atoms with Gasteiger partial charge in [0.05, 0.1) is 19.3 Å². The van der Waals surface area contributed by atoms with Crippen LogP contribution in [0.1, 0.15) is 47.5 Å². The molecule has 16 heavy (non-hydrogen) atoms. The molecule has 0 aliphatic rings. The van der Waals surface area contributed by atoms with Crippen molar-refractivity contribution in [2.45, 2.75) is 59.2 Å². The molecule has 98 valence electrons. The summed E-state index contributed by atoms with van der Waals surface area (Å²) in [6.07, 6.45) is 1.84. The fraction of sp³-hybridized carbons (Fsp3) is 1.00. The zero-order chi connectivity index (χ0) is 12.6.